The van der Waals surface area contributed by atoms with Gasteiger partial charge in [0.05, 0.1) is 0 Å². The molecule has 2 N–H and O–H groups in total. The molecule has 0 bridgehead atoms. The van der Waals surface area contributed by atoms with E-state index in [2.05, 4.69) is 130 Å². The summed E-state index contributed by atoms with van der Waals surface area (Å²) in [5.41, 5.74) is 1.25. The molecule has 0 aliphatic heterocycles. The molecule has 216 valence electrons. The molecule has 2 atom stereocenters. The van der Waals surface area contributed by atoms with E-state index in [1.54, 1.807) is 22.7 Å². The van der Waals surface area contributed by atoms with Gasteiger partial charge in [0.25, 0.3) is 0 Å². The maximum absolute atomic E-state index is 6.34. The van der Waals surface area contributed by atoms with Crippen LogP contribution in [0.4, 0.5) is 0 Å². The third-order valence-corrected chi connectivity index (χ3v) is 8.79. The highest BCUT2D eigenvalue weighted by atomic mass is 32.1. The summed E-state index contributed by atoms with van der Waals surface area (Å²) in [5, 5.41) is 17.6. The molecule has 0 radical (unpaired) electrons. The minimum absolute atomic E-state index is 0.0921. The van der Waals surface area contributed by atoms with Crippen LogP contribution in [0.5, 0.6) is 11.5 Å². The first kappa shape index (κ1) is 29.8. The number of benzene rings is 4. The lowest BCUT2D eigenvalue weighted by atomic mass is 10.1. The standard InChI is InChI=1S/2C18H19NOS/c1-19-12-11-17(18-10-5-13-21-18)20-16-9-4-7-14-6-2-3-8-15(14)16;1-19-11-9-17(15-10-12-21-13-15)20-18-8-4-6-14-5-2-3-7-16(14)18/h2-10,13,17,19H,11-12H2,1H3;2-8,10,12-13,17,19H,9,11H2,1H3/t17-;/m1./s1. The van der Waals surface area contributed by atoms with Crippen LogP contribution in [-0.2, 0) is 0 Å². The van der Waals surface area contributed by atoms with Crippen LogP contribution in [0.3, 0.4) is 0 Å². The van der Waals surface area contributed by atoms with E-state index in [0.717, 1.165) is 37.4 Å². The number of rotatable bonds is 12. The van der Waals surface area contributed by atoms with Crippen molar-refractivity contribution < 1.29 is 9.47 Å². The van der Waals surface area contributed by atoms with Gasteiger partial charge >= 0.3 is 0 Å². The minimum Gasteiger partial charge on any atom is -0.485 e. The Labute approximate surface area is 256 Å². The average molecular weight is 595 g/mol. The second-order valence-electron chi connectivity index (χ2n) is 10.0. The van der Waals surface area contributed by atoms with E-state index in [9.17, 15) is 0 Å². The first-order valence-electron chi connectivity index (χ1n) is 14.4. The Morgan fingerprint density at radius 3 is 1.71 bits per heavy atom. The van der Waals surface area contributed by atoms with Crippen LogP contribution in [0, 0.1) is 0 Å². The molecule has 4 aromatic carbocycles. The van der Waals surface area contributed by atoms with Gasteiger partial charge in [-0.25, -0.2) is 0 Å². The van der Waals surface area contributed by atoms with Crippen molar-refractivity contribution in [3.05, 3.63) is 130 Å². The molecule has 0 amide bonds. The van der Waals surface area contributed by atoms with Crippen molar-refractivity contribution in [2.75, 3.05) is 27.2 Å². The van der Waals surface area contributed by atoms with E-state index in [-0.39, 0.29) is 12.2 Å². The normalized spacial score (nSPS) is 12.4. The van der Waals surface area contributed by atoms with Crippen LogP contribution in [-0.4, -0.2) is 27.2 Å². The van der Waals surface area contributed by atoms with Gasteiger partial charge in [-0.05, 0) is 78.4 Å². The fourth-order valence-electron chi connectivity index (χ4n) is 4.94. The van der Waals surface area contributed by atoms with E-state index in [4.69, 9.17) is 9.47 Å². The summed E-state index contributed by atoms with van der Waals surface area (Å²) in [6, 6.07) is 35.6. The van der Waals surface area contributed by atoms with Gasteiger partial charge in [0.1, 0.15) is 23.7 Å². The zero-order valence-electron chi connectivity index (χ0n) is 24.2. The Bertz CT molecular complexity index is 1500. The zero-order chi connectivity index (χ0) is 29.0. The minimum atomic E-state index is 0.0921. The van der Waals surface area contributed by atoms with Crippen molar-refractivity contribution in [2.45, 2.75) is 25.0 Å². The number of ether oxygens (including phenoxy) is 2. The summed E-state index contributed by atoms with van der Waals surface area (Å²) in [6.07, 6.45) is 2.11. The molecule has 0 saturated carbocycles. The van der Waals surface area contributed by atoms with Crippen LogP contribution < -0.4 is 20.1 Å². The molecule has 0 aliphatic carbocycles. The molecule has 1 unspecified atom stereocenters. The molecular formula is C36H38N2O2S2. The predicted octanol–water partition coefficient (Wildman–Crippen LogP) is 9.26. The largest absolute Gasteiger partial charge is 0.485 e. The smallest absolute Gasteiger partial charge is 0.134 e. The number of thiophene rings is 2. The van der Waals surface area contributed by atoms with Crippen molar-refractivity contribution in [3.8, 4) is 11.5 Å². The molecule has 6 aromatic rings. The molecule has 2 aromatic heterocycles. The number of hydrogen-bond acceptors (Lipinski definition) is 6. The topological polar surface area (TPSA) is 42.5 Å². The average Bonchev–Trinajstić information content (AvgIpc) is 3.78. The van der Waals surface area contributed by atoms with Gasteiger partial charge < -0.3 is 20.1 Å². The van der Waals surface area contributed by atoms with E-state index >= 15 is 0 Å². The Morgan fingerprint density at radius 2 is 1.17 bits per heavy atom. The third-order valence-electron chi connectivity index (χ3n) is 7.13. The monoisotopic (exact) mass is 594 g/mol. The summed E-state index contributed by atoms with van der Waals surface area (Å²) in [7, 11) is 3.95. The van der Waals surface area contributed by atoms with E-state index < -0.39 is 0 Å². The highest BCUT2D eigenvalue weighted by molar-refractivity contribution is 7.10. The van der Waals surface area contributed by atoms with E-state index in [1.165, 1.54) is 32.0 Å². The molecule has 6 heteroatoms. The predicted molar refractivity (Wildman–Crippen MR) is 180 cm³/mol. The van der Waals surface area contributed by atoms with Crippen molar-refractivity contribution in [1.29, 1.82) is 0 Å². The van der Waals surface area contributed by atoms with Gasteiger partial charge in [0.2, 0.25) is 0 Å². The van der Waals surface area contributed by atoms with Crippen LogP contribution in [0.15, 0.2) is 119 Å². The maximum atomic E-state index is 6.34. The highest BCUT2D eigenvalue weighted by Crippen LogP contribution is 2.33. The lowest BCUT2D eigenvalue weighted by Crippen LogP contribution is -2.16. The van der Waals surface area contributed by atoms with E-state index in [1.807, 2.05) is 14.1 Å². The molecule has 6 rings (SSSR count). The molecule has 0 aliphatic rings. The zero-order valence-corrected chi connectivity index (χ0v) is 25.8. The Hall–Kier alpha value is -3.68. The summed E-state index contributed by atoms with van der Waals surface area (Å²) in [4.78, 5) is 1.28. The molecule has 42 heavy (non-hydrogen) atoms. The number of hydrogen-bond donors (Lipinski definition) is 2. The molecule has 0 spiro atoms. The highest BCUT2D eigenvalue weighted by Gasteiger charge is 2.16. The molecule has 0 saturated heterocycles. The Kier molecular flexibility index (Phi) is 11.0. The fraction of sp³-hybridized carbons (Fsp3) is 0.222. The van der Waals surface area contributed by atoms with Crippen LogP contribution >= 0.6 is 22.7 Å². The SMILES string of the molecule is CNCCC(Oc1cccc2ccccc12)c1ccsc1.CNCC[C@@H](Oc1cccc2ccccc12)c1cccs1. The fourth-order valence-corrected chi connectivity index (χ4v) is 6.43. The third kappa shape index (κ3) is 7.78. The van der Waals surface area contributed by atoms with Crippen molar-refractivity contribution >= 4 is 44.2 Å². The van der Waals surface area contributed by atoms with Gasteiger partial charge in [-0.1, -0.05) is 78.9 Å². The van der Waals surface area contributed by atoms with Crippen LogP contribution in [0.25, 0.3) is 21.5 Å². The quantitative estimate of drug-likeness (QED) is 0.148. The van der Waals surface area contributed by atoms with Crippen molar-refractivity contribution in [1.82, 2.24) is 10.6 Å². The first-order chi connectivity index (χ1) is 20.8. The molecule has 0 fully saturated rings. The van der Waals surface area contributed by atoms with Gasteiger partial charge in [0.15, 0.2) is 0 Å². The van der Waals surface area contributed by atoms with Gasteiger partial charge in [-0.2, -0.15) is 11.3 Å². The second kappa shape index (κ2) is 15.5. The van der Waals surface area contributed by atoms with Gasteiger partial charge in [0, 0.05) is 34.1 Å². The Morgan fingerprint density at radius 1 is 0.595 bits per heavy atom. The summed E-state index contributed by atoms with van der Waals surface area (Å²) in [5.74, 6) is 1.92. The van der Waals surface area contributed by atoms with Crippen molar-refractivity contribution in [2.24, 2.45) is 0 Å². The number of fused-ring (bicyclic) bond motifs is 2. The molecule has 2 heterocycles. The lowest BCUT2D eigenvalue weighted by Gasteiger charge is -2.19. The van der Waals surface area contributed by atoms with Crippen LogP contribution in [0.1, 0.15) is 35.5 Å². The summed E-state index contributed by atoms with van der Waals surface area (Å²) in [6.45, 7) is 1.87. The summed E-state index contributed by atoms with van der Waals surface area (Å²) >= 11 is 3.47. The van der Waals surface area contributed by atoms with Gasteiger partial charge in [-0.15, -0.1) is 11.3 Å². The molecular weight excluding hydrogens is 557 g/mol. The first-order valence-corrected chi connectivity index (χ1v) is 16.2. The van der Waals surface area contributed by atoms with Crippen LogP contribution in [0.2, 0.25) is 0 Å². The lowest BCUT2D eigenvalue weighted by molar-refractivity contribution is 0.198. The number of nitrogens with one attached hydrogen (secondary N) is 2. The van der Waals surface area contributed by atoms with Gasteiger partial charge in [-0.3, -0.25) is 0 Å². The second-order valence-corrected chi connectivity index (χ2v) is 11.8. The summed E-state index contributed by atoms with van der Waals surface area (Å²) < 4.78 is 12.7. The Balaban J connectivity index is 0.000000168. The molecule has 4 nitrogen and oxygen atoms in total. The van der Waals surface area contributed by atoms with E-state index in [0.29, 0.717) is 0 Å². The maximum Gasteiger partial charge on any atom is 0.134 e. The van der Waals surface area contributed by atoms with Crippen molar-refractivity contribution in [3.63, 3.8) is 0 Å².